The molecular weight excluding hydrogens is 321 g/mol. The van der Waals surface area contributed by atoms with Crippen molar-refractivity contribution >= 4 is 23.3 Å². The number of hydrogen-bond acceptors (Lipinski definition) is 3. The third kappa shape index (κ3) is 4.34. The van der Waals surface area contributed by atoms with Crippen molar-refractivity contribution in [2.75, 3.05) is 51.3 Å². The lowest BCUT2D eigenvalue weighted by molar-refractivity contribution is 0.0314. The lowest BCUT2D eigenvalue weighted by atomic mass is 10.1. The zero-order chi connectivity index (χ0) is 16.2. The molecule has 2 aliphatic heterocycles. The van der Waals surface area contributed by atoms with Gasteiger partial charge in [0, 0.05) is 38.4 Å². The van der Waals surface area contributed by atoms with Gasteiger partial charge in [-0.15, -0.1) is 0 Å². The Hall–Kier alpha value is -1.37. The van der Waals surface area contributed by atoms with Crippen LogP contribution in [0.2, 0.25) is 5.02 Å². The van der Waals surface area contributed by atoms with Crippen LogP contribution in [-0.2, 0) is 4.74 Å². The Labute approximate surface area is 140 Å². The fraction of sp³-hybridized carbons (Fsp3) is 0.562. The van der Waals surface area contributed by atoms with Gasteiger partial charge in [0.1, 0.15) is 5.82 Å². The molecule has 5 nitrogen and oxygen atoms in total. The van der Waals surface area contributed by atoms with Crippen molar-refractivity contribution in [1.29, 1.82) is 0 Å². The Morgan fingerprint density at radius 3 is 2.87 bits per heavy atom. The molecule has 7 heteroatoms. The molecule has 126 valence electrons. The van der Waals surface area contributed by atoms with Crippen molar-refractivity contribution in [3.05, 3.63) is 29.0 Å². The predicted molar refractivity (Wildman–Crippen MR) is 87.4 cm³/mol. The SMILES string of the molecule is O=C(Nc1ccc(Cl)c(F)c1)N1CCC(CN2CCOCC2)C1. The number of amides is 2. The van der Waals surface area contributed by atoms with E-state index in [0.29, 0.717) is 11.6 Å². The van der Waals surface area contributed by atoms with Crippen LogP contribution in [0.5, 0.6) is 0 Å². The van der Waals surface area contributed by atoms with Crippen molar-refractivity contribution in [2.45, 2.75) is 6.42 Å². The molecule has 3 rings (SSSR count). The van der Waals surface area contributed by atoms with Gasteiger partial charge in [-0.05, 0) is 30.5 Å². The monoisotopic (exact) mass is 341 g/mol. The Bertz CT molecular complexity index is 566. The third-order valence-electron chi connectivity index (χ3n) is 4.36. The summed E-state index contributed by atoms with van der Waals surface area (Å²) in [4.78, 5) is 16.5. The number of likely N-dealkylation sites (tertiary alicyclic amines) is 1. The molecule has 1 atom stereocenters. The molecule has 0 bridgehead atoms. The fourth-order valence-electron chi connectivity index (χ4n) is 3.09. The largest absolute Gasteiger partial charge is 0.379 e. The standard InChI is InChI=1S/C16H21ClFN3O2/c17-14-2-1-13(9-15(14)18)19-16(22)21-4-3-12(11-21)10-20-5-7-23-8-6-20/h1-2,9,12H,3-8,10-11H2,(H,19,22). The van der Waals surface area contributed by atoms with Crippen LogP contribution in [0, 0.1) is 11.7 Å². The van der Waals surface area contributed by atoms with Gasteiger partial charge in [0.2, 0.25) is 0 Å². The van der Waals surface area contributed by atoms with Gasteiger partial charge in [-0.2, -0.15) is 0 Å². The number of rotatable bonds is 3. The minimum absolute atomic E-state index is 0.0507. The summed E-state index contributed by atoms with van der Waals surface area (Å²) >= 11 is 5.64. The molecule has 2 amide bonds. The molecule has 2 fully saturated rings. The van der Waals surface area contributed by atoms with Gasteiger partial charge >= 0.3 is 6.03 Å². The number of nitrogens with zero attached hydrogens (tertiary/aromatic N) is 2. The lowest BCUT2D eigenvalue weighted by Gasteiger charge is -2.29. The van der Waals surface area contributed by atoms with Crippen LogP contribution in [0.3, 0.4) is 0 Å². The number of nitrogens with one attached hydrogen (secondary N) is 1. The summed E-state index contributed by atoms with van der Waals surface area (Å²) in [6, 6.07) is 4.10. The maximum absolute atomic E-state index is 13.4. The molecule has 0 aliphatic carbocycles. The number of benzene rings is 1. The molecule has 2 saturated heterocycles. The number of morpholine rings is 1. The Balaban J connectivity index is 1.49. The first kappa shape index (κ1) is 16.5. The molecule has 0 spiro atoms. The Morgan fingerprint density at radius 2 is 2.13 bits per heavy atom. The first-order valence-corrected chi connectivity index (χ1v) is 8.30. The molecular formula is C16H21ClFN3O2. The molecule has 2 heterocycles. The van der Waals surface area contributed by atoms with Gasteiger partial charge in [-0.25, -0.2) is 9.18 Å². The van der Waals surface area contributed by atoms with Gasteiger partial charge in [0.15, 0.2) is 0 Å². The average Bonchev–Trinajstić information content (AvgIpc) is 3.00. The number of carbonyl (C=O) groups excluding carboxylic acids is 1. The summed E-state index contributed by atoms with van der Waals surface area (Å²) in [5.74, 6) is -0.0445. The van der Waals surface area contributed by atoms with Gasteiger partial charge in [-0.3, -0.25) is 4.90 Å². The van der Waals surface area contributed by atoms with Crippen LogP contribution < -0.4 is 5.32 Å². The number of carbonyl (C=O) groups is 1. The molecule has 0 saturated carbocycles. The van der Waals surface area contributed by atoms with Gasteiger partial charge in [0.25, 0.3) is 0 Å². The minimum Gasteiger partial charge on any atom is -0.379 e. The number of halogens is 2. The molecule has 1 aromatic rings. The molecule has 23 heavy (non-hydrogen) atoms. The Kier molecular flexibility index (Phi) is 5.35. The highest BCUT2D eigenvalue weighted by Crippen LogP contribution is 2.21. The van der Waals surface area contributed by atoms with E-state index in [4.69, 9.17) is 16.3 Å². The van der Waals surface area contributed by atoms with Crippen LogP contribution >= 0.6 is 11.6 Å². The topological polar surface area (TPSA) is 44.8 Å². The normalized spacial score (nSPS) is 22.3. The highest BCUT2D eigenvalue weighted by atomic mass is 35.5. The first-order valence-electron chi connectivity index (χ1n) is 7.93. The summed E-state index contributed by atoms with van der Waals surface area (Å²) in [5.41, 5.74) is 0.425. The average molecular weight is 342 g/mol. The number of ether oxygens (including phenoxy) is 1. The second-order valence-electron chi connectivity index (χ2n) is 6.07. The maximum atomic E-state index is 13.4. The van der Waals surface area contributed by atoms with Gasteiger partial charge < -0.3 is 15.0 Å². The fourth-order valence-corrected chi connectivity index (χ4v) is 3.21. The van der Waals surface area contributed by atoms with Crippen molar-refractivity contribution in [3.63, 3.8) is 0 Å². The van der Waals surface area contributed by atoms with Crippen LogP contribution in [0.15, 0.2) is 18.2 Å². The summed E-state index contributed by atoms with van der Waals surface area (Å²) in [7, 11) is 0. The molecule has 1 N–H and O–H groups in total. The molecule has 1 aromatic carbocycles. The smallest absolute Gasteiger partial charge is 0.321 e. The van der Waals surface area contributed by atoms with Crippen molar-refractivity contribution in [2.24, 2.45) is 5.92 Å². The lowest BCUT2D eigenvalue weighted by Crippen LogP contribution is -2.40. The van der Waals surface area contributed by atoms with E-state index in [1.807, 2.05) is 0 Å². The van der Waals surface area contributed by atoms with Crippen molar-refractivity contribution in [3.8, 4) is 0 Å². The Morgan fingerprint density at radius 1 is 1.35 bits per heavy atom. The molecule has 0 radical (unpaired) electrons. The van der Waals surface area contributed by atoms with Crippen LogP contribution in [0.1, 0.15) is 6.42 Å². The summed E-state index contributed by atoms with van der Waals surface area (Å²) in [6.45, 7) is 5.98. The minimum atomic E-state index is -0.531. The summed E-state index contributed by atoms with van der Waals surface area (Å²) in [6.07, 6.45) is 1.000. The molecule has 0 aromatic heterocycles. The highest BCUT2D eigenvalue weighted by Gasteiger charge is 2.28. The second-order valence-corrected chi connectivity index (χ2v) is 6.48. The summed E-state index contributed by atoms with van der Waals surface area (Å²) in [5, 5.41) is 2.78. The second kappa shape index (κ2) is 7.47. The van der Waals surface area contributed by atoms with E-state index in [-0.39, 0.29) is 11.1 Å². The number of hydrogen-bond donors (Lipinski definition) is 1. The maximum Gasteiger partial charge on any atom is 0.321 e. The van der Waals surface area contributed by atoms with E-state index in [1.165, 1.54) is 12.1 Å². The van der Waals surface area contributed by atoms with Crippen LogP contribution in [-0.4, -0.2) is 61.8 Å². The number of urea groups is 1. The van der Waals surface area contributed by atoms with E-state index in [0.717, 1.165) is 52.4 Å². The van der Waals surface area contributed by atoms with Crippen LogP contribution in [0.25, 0.3) is 0 Å². The van der Waals surface area contributed by atoms with Crippen LogP contribution in [0.4, 0.5) is 14.9 Å². The summed E-state index contributed by atoms with van der Waals surface area (Å²) < 4.78 is 18.8. The predicted octanol–water partition coefficient (Wildman–Crippen LogP) is 2.67. The number of anilines is 1. The molecule has 2 aliphatic rings. The van der Waals surface area contributed by atoms with Crippen molar-refractivity contribution in [1.82, 2.24) is 9.80 Å². The molecule has 1 unspecified atom stereocenters. The van der Waals surface area contributed by atoms with E-state index >= 15 is 0 Å². The zero-order valence-corrected chi connectivity index (χ0v) is 13.7. The van der Waals surface area contributed by atoms with E-state index in [9.17, 15) is 9.18 Å². The van der Waals surface area contributed by atoms with E-state index in [1.54, 1.807) is 11.0 Å². The van der Waals surface area contributed by atoms with E-state index in [2.05, 4.69) is 10.2 Å². The van der Waals surface area contributed by atoms with Gasteiger partial charge in [0.05, 0.1) is 18.2 Å². The van der Waals surface area contributed by atoms with E-state index < -0.39 is 5.82 Å². The first-order chi connectivity index (χ1) is 11.1. The quantitative estimate of drug-likeness (QED) is 0.919. The van der Waals surface area contributed by atoms with Gasteiger partial charge in [-0.1, -0.05) is 11.6 Å². The zero-order valence-electron chi connectivity index (χ0n) is 12.9. The van der Waals surface area contributed by atoms with Crippen molar-refractivity contribution < 1.29 is 13.9 Å². The third-order valence-corrected chi connectivity index (χ3v) is 4.67. The highest BCUT2D eigenvalue weighted by molar-refractivity contribution is 6.30.